The molecule has 3 nitrogen and oxygen atoms in total. The smallest absolute Gasteiger partial charge is 0.245 e. The van der Waals surface area contributed by atoms with Gasteiger partial charge in [-0.3, -0.25) is 4.31 Å². The number of hydrogen-bond acceptors (Lipinski definition) is 2. The molecule has 0 aliphatic carbocycles. The fourth-order valence-corrected chi connectivity index (χ4v) is 2.92. The quantitative estimate of drug-likeness (QED) is 0.800. The Bertz CT molecular complexity index is 435. The lowest BCUT2D eigenvalue weighted by Crippen LogP contribution is -2.31. The van der Waals surface area contributed by atoms with Gasteiger partial charge in [0, 0.05) is 6.54 Å². The first-order valence-electron chi connectivity index (χ1n) is 4.33. The Morgan fingerprint density at radius 1 is 1.47 bits per heavy atom. The summed E-state index contributed by atoms with van der Waals surface area (Å²) in [7, 11) is -3.40. The van der Waals surface area contributed by atoms with Crippen LogP contribution < -0.4 is 4.31 Å². The molecule has 0 amide bonds. The summed E-state index contributed by atoms with van der Waals surface area (Å²) in [4.78, 5) is 0. The van der Waals surface area contributed by atoms with E-state index in [-0.39, 0.29) is 11.2 Å². The van der Waals surface area contributed by atoms with Crippen LogP contribution in [-0.2, 0) is 10.0 Å². The zero-order valence-electron chi connectivity index (χ0n) is 8.15. The van der Waals surface area contributed by atoms with Crippen molar-refractivity contribution in [3.8, 4) is 0 Å². The van der Waals surface area contributed by atoms with Crippen molar-refractivity contribution in [3.63, 3.8) is 0 Å². The molecule has 1 aromatic carbocycles. The average molecular weight is 296 g/mol. The van der Waals surface area contributed by atoms with Gasteiger partial charge in [0.1, 0.15) is 10.5 Å². The fraction of sp³-hybridized carbons (Fsp3) is 0.333. The molecule has 0 fully saturated rings. The maximum atomic E-state index is 12.9. The molecule has 0 N–H and O–H groups in total. The Balaban J connectivity index is 3.14. The normalized spacial score (nSPS) is 11.4. The molecule has 1 aromatic rings. The van der Waals surface area contributed by atoms with Gasteiger partial charge in [0.05, 0.1) is 5.69 Å². The molecule has 15 heavy (non-hydrogen) atoms. The third kappa shape index (κ3) is 2.92. The molecular weight excluding hydrogens is 285 g/mol. The highest BCUT2D eigenvalue weighted by molar-refractivity contribution is 9.10. The number of benzene rings is 1. The van der Waals surface area contributed by atoms with Crippen molar-refractivity contribution in [2.75, 3.05) is 15.5 Å². The molecule has 0 heterocycles. The van der Waals surface area contributed by atoms with Gasteiger partial charge >= 0.3 is 0 Å². The highest BCUT2D eigenvalue weighted by atomic mass is 79.9. The second-order valence-corrected chi connectivity index (χ2v) is 6.06. The van der Waals surface area contributed by atoms with Gasteiger partial charge in [-0.1, -0.05) is 22.0 Å². The minimum absolute atomic E-state index is 0.176. The van der Waals surface area contributed by atoms with Crippen LogP contribution in [0, 0.1) is 5.82 Å². The van der Waals surface area contributed by atoms with Crippen LogP contribution in [0.2, 0.25) is 0 Å². The van der Waals surface area contributed by atoms with E-state index in [1.807, 2.05) is 0 Å². The van der Waals surface area contributed by atoms with Crippen molar-refractivity contribution < 1.29 is 12.8 Å². The lowest BCUT2D eigenvalue weighted by Gasteiger charge is -2.21. The number of hydrogen-bond donors (Lipinski definition) is 0. The largest absolute Gasteiger partial charge is 0.270 e. The van der Waals surface area contributed by atoms with Crippen molar-refractivity contribution in [1.82, 2.24) is 0 Å². The standard InChI is InChI=1S/C9H11BrFNO2S/c1-2-12(15(13,14)7-10)9-5-3-4-8(11)6-9/h3-6H,2,7H2,1H3. The van der Waals surface area contributed by atoms with Crippen LogP contribution in [0.4, 0.5) is 10.1 Å². The highest BCUT2D eigenvalue weighted by Crippen LogP contribution is 2.19. The molecule has 0 bridgehead atoms. The Labute approximate surface area is 97.1 Å². The molecule has 0 unspecified atom stereocenters. The van der Waals surface area contributed by atoms with E-state index >= 15 is 0 Å². The summed E-state index contributed by atoms with van der Waals surface area (Å²) in [6, 6.07) is 5.52. The molecule has 84 valence electrons. The van der Waals surface area contributed by atoms with Crippen LogP contribution >= 0.6 is 15.9 Å². The van der Waals surface area contributed by atoms with Crippen molar-refractivity contribution >= 4 is 31.6 Å². The average Bonchev–Trinajstić information content (AvgIpc) is 2.18. The summed E-state index contributed by atoms with van der Waals surface area (Å²) in [5, 5.41) is 0. The maximum absolute atomic E-state index is 12.9. The molecule has 0 aliphatic heterocycles. The van der Waals surface area contributed by atoms with Gasteiger partial charge in [0.2, 0.25) is 10.0 Å². The van der Waals surface area contributed by atoms with E-state index in [4.69, 9.17) is 0 Å². The number of anilines is 1. The minimum Gasteiger partial charge on any atom is -0.270 e. The third-order valence-electron chi connectivity index (χ3n) is 1.86. The maximum Gasteiger partial charge on any atom is 0.245 e. The van der Waals surface area contributed by atoms with Gasteiger partial charge in [-0.15, -0.1) is 0 Å². The second-order valence-electron chi connectivity index (χ2n) is 2.87. The van der Waals surface area contributed by atoms with Crippen LogP contribution in [0.25, 0.3) is 0 Å². The molecule has 0 saturated heterocycles. The van der Waals surface area contributed by atoms with Gasteiger partial charge < -0.3 is 0 Å². The molecule has 0 spiro atoms. The van der Waals surface area contributed by atoms with Crippen LogP contribution in [0.3, 0.4) is 0 Å². The van der Waals surface area contributed by atoms with Gasteiger partial charge in [0.15, 0.2) is 0 Å². The molecule has 0 radical (unpaired) electrons. The minimum atomic E-state index is -3.40. The van der Waals surface area contributed by atoms with Crippen molar-refractivity contribution in [2.24, 2.45) is 0 Å². The Morgan fingerprint density at radius 3 is 2.60 bits per heavy atom. The zero-order valence-corrected chi connectivity index (χ0v) is 10.6. The second kappa shape index (κ2) is 4.94. The van der Waals surface area contributed by atoms with E-state index in [1.54, 1.807) is 13.0 Å². The first kappa shape index (κ1) is 12.4. The summed E-state index contributed by atoms with van der Waals surface area (Å²) in [5.41, 5.74) is 0.344. The first-order valence-corrected chi connectivity index (χ1v) is 7.06. The van der Waals surface area contributed by atoms with Crippen molar-refractivity contribution in [1.29, 1.82) is 0 Å². The van der Waals surface area contributed by atoms with Gasteiger partial charge in [-0.2, -0.15) is 0 Å². The summed E-state index contributed by atoms with van der Waals surface area (Å²) in [6.07, 6.45) is 0. The monoisotopic (exact) mass is 295 g/mol. The van der Waals surface area contributed by atoms with Gasteiger partial charge in [-0.25, -0.2) is 12.8 Å². The number of sulfonamides is 1. The van der Waals surface area contributed by atoms with Crippen LogP contribution in [-0.4, -0.2) is 19.6 Å². The molecule has 6 heteroatoms. The summed E-state index contributed by atoms with van der Waals surface area (Å²) in [6.45, 7) is 1.97. The highest BCUT2D eigenvalue weighted by Gasteiger charge is 2.19. The lowest BCUT2D eigenvalue weighted by molar-refractivity contribution is 0.596. The van der Waals surface area contributed by atoms with E-state index in [0.717, 1.165) is 4.31 Å². The lowest BCUT2D eigenvalue weighted by atomic mass is 10.3. The first-order chi connectivity index (χ1) is 7.01. The Morgan fingerprint density at radius 2 is 2.13 bits per heavy atom. The molecular formula is C9H11BrFNO2S. The van der Waals surface area contributed by atoms with E-state index < -0.39 is 15.8 Å². The van der Waals surface area contributed by atoms with Crippen LogP contribution in [0.15, 0.2) is 24.3 Å². The molecule has 1 rings (SSSR count). The topological polar surface area (TPSA) is 37.4 Å². The number of nitrogens with zero attached hydrogens (tertiary/aromatic N) is 1. The van der Waals surface area contributed by atoms with E-state index in [2.05, 4.69) is 15.9 Å². The number of alkyl halides is 1. The van der Waals surface area contributed by atoms with E-state index in [9.17, 15) is 12.8 Å². The summed E-state index contributed by atoms with van der Waals surface area (Å²) in [5.74, 6) is -0.448. The molecule has 0 saturated carbocycles. The third-order valence-corrected chi connectivity index (χ3v) is 5.01. The molecule has 0 aromatic heterocycles. The van der Waals surface area contributed by atoms with Gasteiger partial charge in [0.25, 0.3) is 0 Å². The van der Waals surface area contributed by atoms with Crippen LogP contribution in [0.1, 0.15) is 6.92 Å². The Kier molecular flexibility index (Phi) is 4.10. The van der Waals surface area contributed by atoms with Gasteiger partial charge in [-0.05, 0) is 25.1 Å². The van der Waals surface area contributed by atoms with Crippen LogP contribution in [0.5, 0.6) is 0 Å². The Hall–Kier alpha value is -0.620. The summed E-state index contributed by atoms with van der Waals surface area (Å²) >= 11 is 2.90. The number of rotatable bonds is 4. The zero-order chi connectivity index (χ0) is 11.5. The SMILES string of the molecule is CCN(c1cccc(F)c1)S(=O)(=O)CBr. The number of halogens is 2. The molecule has 0 atom stereocenters. The summed E-state index contributed by atoms with van der Waals surface area (Å²) < 4.78 is 37.1. The van der Waals surface area contributed by atoms with Crippen molar-refractivity contribution in [2.45, 2.75) is 6.92 Å². The predicted octanol–water partition coefficient (Wildman–Crippen LogP) is 2.33. The van der Waals surface area contributed by atoms with E-state index in [1.165, 1.54) is 18.2 Å². The fourth-order valence-electron chi connectivity index (χ4n) is 1.23. The predicted molar refractivity (Wildman–Crippen MR) is 62.1 cm³/mol. The van der Waals surface area contributed by atoms with Crippen molar-refractivity contribution in [3.05, 3.63) is 30.1 Å². The van der Waals surface area contributed by atoms with E-state index in [0.29, 0.717) is 5.69 Å². The molecule has 0 aliphatic rings.